The highest BCUT2D eigenvalue weighted by atomic mass is 15.0. The molecule has 3 nitrogen and oxygen atoms in total. The number of hydrogen-bond acceptors (Lipinski definition) is 1. The van der Waals surface area contributed by atoms with Gasteiger partial charge in [0.2, 0.25) is 0 Å². The molecular weight excluding hydrogens is 510 g/mol. The zero-order valence-corrected chi connectivity index (χ0v) is 23.3. The fraction of sp³-hybridized carbons (Fsp3) is 0.0513. The molecule has 0 unspecified atom stereocenters. The van der Waals surface area contributed by atoms with Crippen molar-refractivity contribution in [3.63, 3.8) is 0 Å². The fourth-order valence-electron chi connectivity index (χ4n) is 5.63. The van der Waals surface area contributed by atoms with E-state index < -0.39 is 0 Å². The van der Waals surface area contributed by atoms with Crippen LogP contribution in [0.1, 0.15) is 16.7 Å². The van der Waals surface area contributed by atoms with Gasteiger partial charge in [-0.2, -0.15) is 0 Å². The number of aromatic nitrogens is 1. The Balaban J connectivity index is 1.21. The number of aliphatic imine (C=N–C) groups is 1. The molecule has 7 aromatic rings. The number of amidine groups is 1. The summed E-state index contributed by atoms with van der Waals surface area (Å²) < 4.78 is 2.35. The molecule has 3 heteroatoms. The first-order chi connectivity index (χ1) is 20.8. The average Bonchev–Trinajstić information content (AvgIpc) is 3.40. The Morgan fingerprint density at radius 1 is 0.524 bits per heavy atom. The van der Waals surface area contributed by atoms with Gasteiger partial charge >= 0.3 is 0 Å². The number of rotatable bonds is 7. The third-order valence-electron chi connectivity index (χ3n) is 7.74. The Kier molecular flexibility index (Phi) is 7.06. The minimum Gasteiger partial charge on any atom is -0.366 e. The molecule has 0 aliphatic rings. The van der Waals surface area contributed by atoms with Crippen molar-refractivity contribution in [3.8, 4) is 16.8 Å². The molecule has 0 aliphatic carbocycles. The van der Waals surface area contributed by atoms with Crippen molar-refractivity contribution in [2.75, 3.05) is 0 Å². The lowest BCUT2D eigenvalue weighted by molar-refractivity contribution is 0.896. The highest BCUT2D eigenvalue weighted by Crippen LogP contribution is 2.32. The molecule has 1 heterocycles. The molecule has 0 saturated carbocycles. The normalized spacial score (nSPS) is 11.7. The van der Waals surface area contributed by atoms with E-state index in [4.69, 9.17) is 4.99 Å². The predicted molar refractivity (Wildman–Crippen MR) is 176 cm³/mol. The van der Waals surface area contributed by atoms with Gasteiger partial charge in [-0.05, 0) is 52.6 Å². The maximum Gasteiger partial charge on any atom is 0.128 e. The molecule has 0 spiro atoms. The molecule has 0 radical (unpaired) electrons. The van der Waals surface area contributed by atoms with E-state index in [2.05, 4.69) is 155 Å². The second kappa shape index (κ2) is 11.6. The Labute approximate surface area is 246 Å². The van der Waals surface area contributed by atoms with Gasteiger partial charge in [0, 0.05) is 28.6 Å². The molecule has 0 saturated heterocycles. The number of benzene rings is 6. The van der Waals surface area contributed by atoms with Crippen molar-refractivity contribution in [2.45, 2.75) is 13.1 Å². The fourth-order valence-corrected chi connectivity index (χ4v) is 5.63. The lowest BCUT2D eigenvalue weighted by Gasteiger charge is -2.13. The second-order valence-electron chi connectivity index (χ2n) is 10.5. The van der Waals surface area contributed by atoms with Crippen LogP contribution in [0.4, 0.5) is 0 Å². The van der Waals surface area contributed by atoms with E-state index in [1.54, 1.807) is 0 Å². The number of nitrogens with one attached hydrogen (secondary N) is 1. The molecule has 6 aromatic carbocycles. The van der Waals surface area contributed by atoms with Crippen LogP contribution in [0.15, 0.2) is 163 Å². The summed E-state index contributed by atoms with van der Waals surface area (Å²) in [5, 5.41) is 6.16. The smallest absolute Gasteiger partial charge is 0.128 e. The van der Waals surface area contributed by atoms with E-state index in [0.717, 1.165) is 22.6 Å². The van der Waals surface area contributed by atoms with E-state index >= 15 is 0 Å². The Bertz CT molecular complexity index is 1930. The molecule has 202 valence electrons. The van der Waals surface area contributed by atoms with Gasteiger partial charge in [0.05, 0.1) is 17.6 Å². The van der Waals surface area contributed by atoms with Crippen LogP contribution in [0, 0.1) is 0 Å². The van der Waals surface area contributed by atoms with Gasteiger partial charge < -0.3 is 9.88 Å². The van der Waals surface area contributed by atoms with E-state index in [1.807, 2.05) is 12.1 Å². The molecule has 0 atom stereocenters. The van der Waals surface area contributed by atoms with Gasteiger partial charge in [0.1, 0.15) is 5.84 Å². The van der Waals surface area contributed by atoms with Crippen LogP contribution in [-0.4, -0.2) is 10.4 Å². The number of fused-ring (bicyclic) bond motifs is 3. The van der Waals surface area contributed by atoms with Gasteiger partial charge in [-0.25, -0.2) is 0 Å². The van der Waals surface area contributed by atoms with Crippen molar-refractivity contribution in [2.24, 2.45) is 4.99 Å². The zero-order chi connectivity index (χ0) is 28.1. The largest absolute Gasteiger partial charge is 0.366 e. The summed E-state index contributed by atoms with van der Waals surface area (Å²) >= 11 is 0. The van der Waals surface area contributed by atoms with Gasteiger partial charge in [0.25, 0.3) is 0 Å². The first-order valence-electron chi connectivity index (χ1n) is 14.4. The number of para-hydroxylation sites is 2. The van der Waals surface area contributed by atoms with Crippen LogP contribution < -0.4 is 5.32 Å². The minimum absolute atomic E-state index is 0.621. The highest BCUT2D eigenvalue weighted by molar-refractivity contribution is 6.09. The maximum absolute atomic E-state index is 5.02. The van der Waals surface area contributed by atoms with Gasteiger partial charge in [0.15, 0.2) is 0 Å². The van der Waals surface area contributed by atoms with Gasteiger partial charge in [-0.1, -0.05) is 127 Å². The quantitative estimate of drug-likeness (QED) is 0.158. The lowest BCUT2D eigenvalue weighted by Crippen LogP contribution is -2.24. The summed E-state index contributed by atoms with van der Waals surface area (Å²) in [5.41, 5.74) is 9.42. The maximum atomic E-state index is 5.02. The van der Waals surface area contributed by atoms with Gasteiger partial charge in [-0.15, -0.1) is 0 Å². The van der Waals surface area contributed by atoms with E-state index in [1.165, 1.54) is 38.5 Å². The Morgan fingerprint density at radius 3 is 1.79 bits per heavy atom. The van der Waals surface area contributed by atoms with Crippen molar-refractivity contribution in [1.29, 1.82) is 0 Å². The number of hydrogen-bond donors (Lipinski definition) is 1. The first-order valence-corrected chi connectivity index (χ1v) is 14.4. The predicted octanol–water partition coefficient (Wildman–Crippen LogP) is 9.19. The molecule has 0 fully saturated rings. The summed E-state index contributed by atoms with van der Waals surface area (Å²) in [7, 11) is 0. The summed E-state index contributed by atoms with van der Waals surface area (Å²) in [6, 6.07) is 55.7. The summed E-state index contributed by atoms with van der Waals surface area (Å²) in [6.07, 6.45) is 0. The minimum atomic E-state index is 0.621. The Hall–Kier alpha value is -5.41. The highest BCUT2D eigenvalue weighted by Gasteiger charge is 2.12. The molecule has 42 heavy (non-hydrogen) atoms. The van der Waals surface area contributed by atoms with Crippen LogP contribution in [0.2, 0.25) is 0 Å². The molecule has 0 aliphatic heterocycles. The molecule has 1 N–H and O–H groups in total. The van der Waals surface area contributed by atoms with Crippen LogP contribution in [0.5, 0.6) is 0 Å². The first kappa shape index (κ1) is 25.6. The van der Waals surface area contributed by atoms with Crippen molar-refractivity contribution < 1.29 is 0 Å². The van der Waals surface area contributed by atoms with E-state index in [9.17, 15) is 0 Å². The second-order valence-corrected chi connectivity index (χ2v) is 10.5. The molecule has 1 aromatic heterocycles. The molecular formula is C39H31N3. The third kappa shape index (κ3) is 5.21. The molecule has 7 rings (SSSR count). The molecule has 0 bridgehead atoms. The lowest BCUT2D eigenvalue weighted by atomic mass is 10.0. The summed E-state index contributed by atoms with van der Waals surface area (Å²) in [5.74, 6) is 0.895. The van der Waals surface area contributed by atoms with E-state index in [0.29, 0.717) is 13.1 Å². The Morgan fingerprint density at radius 2 is 1.12 bits per heavy atom. The zero-order valence-electron chi connectivity index (χ0n) is 23.3. The SMILES string of the molecule is c1ccc(CN=C(NCc2ccccc2)c2cccc(-c3ccc(-n4c5ccccc5c5ccccc54)cc3)c2)cc1. The third-order valence-corrected chi connectivity index (χ3v) is 7.74. The standard InChI is InChI=1S/C39H31N3/c1-3-12-29(13-4-1)27-40-39(41-28-30-14-5-2-6-15-30)33-17-11-16-32(26-33)31-22-24-34(25-23-31)42-37-20-9-7-18-35(37)36-19-8-10-21-38(36)42/h1-26H,27-28H2,(H,40,41). The monoisotopic (exact) mass is 541 g/mol. The van der Waals surface area contributed by atoms with Crippen LogP contribution in [0.25, 0.3) is 38.6 Å². The van der Waals surface area contributed by atoms with Crippen molar-refractivity contribution in [3.05, 3.63) is 174 Å². The van der Waals surface area contributed by atoms with Crippen molar-refractivity contribution >= 4 is 27.6 Å². The van der Waals surface area contributed by atoms with Crippen LogP contribution in [-0.2, 0) is 13.1 Å². The number of nitrogens with zero attached hydrogens (tertiary/aromatic N) is 2. The van der Waals surface area contributed by atoms with Gasteiger partial charge in [-0.3, -0.25) is 4.99 Å². The van der Waals surface area contributed by atoms with E-state index in [-0.39, 0.29) is 0 Å². The summed E-state index contributed by atoms with van der Waals surface area (Å²) in [6.45, 7) is 1.34. The summed E-state index contributed by atoms with van der Waals surface area (Å²) in [4.78, 5) is 5.02. The average molecular weight is 542 g/mol. The van der Waals surface area contributed by atoms with Crippen LogP contribution in [0.3, 0.4) is 0 Å². The molecule has 0 amide bonds. The van der Waals surface area contributed by atoms with Crippen LogP contribution >= 0.6 is 0 Å². The van der Waals surface area contributed by atoms with Crippen molar-refractivity contribution in [1.82, 2.24) is 9.88 Å². The topological polar surface area (TPSA) is 29.3 Å².